The summed E-state index contributed by atoms with van der Waals surface area (Å²) in [6.07, 6.45) is 1.62. The van der Waals surface area contributed by atoms with Crippen molar-refractivity contribution in [2.24, 2.45) is 5.92 Å². The molecule has 50 heavy (non-hydrogen) atoms. The van der Waals surface area contributed by atoms with Crippen molar-refractivity contribution in [2.75, 3.05) is 46.1 Å². The number of amides is 2. The molecule has 0 aromatic heterocycles. The maximum Gasteiger partial charge on any atom is 0.407 e. The van der Waals surface area contributed by atoms with Gasteiger partial charge in [-0.05, 0) is 60.1 Å². The number of aliphatic hydroxyl groups excluding tert-OH is 2. The van der Waals surface area contributed by atoms with Crippen molar-refractivity contribution in [1.82, 2.24) is 15.5 Å². The Hall–Kier alpha value is -3.96. The summed E-state index contributed by atoms with van der Waals surface area (Å²) in [7, 11) is 0. The van der Waals surface area contributed by atoms with E-state index in [0.717, 1.165) is 80.1 Å². The lowest BCUT2D eigenvalue weighted by Gasteiger charge is -2.28. The molecule has 5 atom stereocenters. The molecule has 1 fully saturated rings. The van der Waals surface area contributed by atoms with Gasteiger partial charge in [0.2, 0.25) is 5.91 Å². The monoisotopic (exact) mass is 687 g/mol. The predicted octanol–water partition coefficient (Wildman–Crippen LogP) is 4.61. The molecule has 0 spiro atoms. The highest BCUT2D eigenvalue weighted by molar-refractivity contribution is 5.80. The molecule has 1 saturated heterocycles. The van der Waals surface area contributed by atoms with E-state index in [2.05, 4.69) is 22.5 Å². The number of nitrogens with zero attached hydrogens (tertiary/aromatic N) is 1. The Morgan fingerprint density at radius 2 is 1.64 bits per heavy atom. The van der Waals surface area contributed by atoms with Crippen molar-refractivity contribution < 1.29 is 34.0 Å². The summed E-state index contributed by atoms with van der Waals surface area (Å²) in [5, 5.41) is 28.6. The van der Waals surface area contributed by atoms with E-state index >= 15 is 0 Å². The lowest BCUT2D eigenvalue weighted by Crippen LogP contribution is -2.47. The standard InChI is InChI=1S/C40H53N3O7/c1-2-3-9-21-50-40(47)41-35(26-29-10-5-4-6-11-29)36(44)28-32(39(46)42-38-34-13-8-7-12-31(34)27-37(38)45)25-30-14-16-33(17-15-30)49-24-20-43-18-22-48-23-19-43/h4-8,10-17,32,35-38,44-45H,2-3,9,18-28H2,1H3,(H,41,47)(H,42,46)/t32-,35+,36+,37-,38+/m1/s1. The minimum atomic E-state index is -1.06. The molecule has 3 aromatic carbocycles. The molecular weight excluding hydrogens is 634 g/mol. The van der Waals surface area contributed by atoms with Crippen LogP contribution >= 0.6 is 0 Å². The highest BCUT2D eigenvalue weighted by atomic mass is 16.5. The molecule has 270 valence electrons. The van der Waals surface area contributed by atoms with Gasteiger partial charge in [-0.2, -0.15) is 0 Å². The van der Waals surface area contributed by atoms with Crippen LogP contribution in [-0.4, -0.2) is 91.4 Å². The normalized spacial score (nSPS) is 19.2. The molecule has 1 aliphatic heterocycles. The summed E-state index contributed by atoms with van der Waals surface area (Å²) in [4.78, 5) is 29.2. The maximum absolute atomic E-state index is 14.1. The van der Waals surface area contributed by atoms with Crippen molar-refractivity contribution in [2.45, 2.75) is 76.2 Å². The fourth-order valence-electron chi connectivity index (χ4n) is 6.74. The van der Waals surface area contributed by atoms with Crippen molar-refractivity contribution in [1.29, 1.82) is 0 Å². The van der Waals surface area contributed by atoms with E-state index in [-0.39, 0.29) is 12.3 Å². The summed E-state index contributed by atoms with van der Waals surface area (Å²) in [5.74, 6) is -0.173. The molecule has 10 heteroatoms. The Morgan fingerprint density at radius 1 is 0.920 bits per heavy atom. The first-order chi connectivity index (χ1) is 24.4. The number of fused-ring (bicyclic) bond motifs is 1. The second-order valence-electron chi connectivity index (χ2n) is 13.4. The molecule has 5 rings (SSSR count). The third-order valence-electron chi connectivity index (χ3n) is 9.63. The van der Waals surface area contributed by atoms with Gasteiger partial charge >= 0.3 is 6.09 Å². The lowest BCUT2D eigenvalue weighted by molar-refractivity contribution is -0.127. The van der Waals surface area contributed by atoms with Crippen LogP contribution in [0.4, 0.5) is 4.79 Å². The molecule has 1 aliphatic carbocycles. The van der Waals surface area contributed by atoms with Crippen LogP contribution in [0, 0.1) is 5.92 Å². The first-order valence-electron chi connectivity index (χ1n) is 18.1. The molecule has 2 aliphatic rings. The Kier molecular flexibility index (Phi) is 14.5. The first-order valence-corrected chi connectivity index (χ1v) is 18.1. The van der Waals surface area contributed by atoms with Crippen LogP contribution in [-0.2, 0) is 33.5 Å². The van der Waals surface area contributed by atoms with Crippen LogP contribution in [0.15, 0.2) is 78.9 Å². The number of carbonyl (C=O) groups is 2. The van der Waals surface area contributed by atoms with E-state index in [1.165, 1.54) is 0 Å². The van der Waals surface area contributed by atoms with Crippen molar-refractivity contribution in [3.63, 3.8) is 0 Å². The fraction of sp³-hybridized carbons (Fsp3) is 0.500. The van der Waals surface area contributed by atoms with E-state index in [0.29, 0.717) is 32.5 Å². The summed E-state index contributed by atoms with van der Waals surface area (Å²) in [5.41, 5.74) is 3.77. The number of benzene rings is 3. The van der Waals surface area contributed by atoms with Gasteiger partial charge in [0, 0.05) is 32.0 Å². The van der Waals surface area contributed by atoms with Crippen molar-refractivity contribution >= 4 is 12.0 Å². The van der Waals surface area contributed by atoms with Crippen LogP contribution in [0.2, 0.25) is 0 Å². The van der Waals surface area contributed by atoms with Crippen LogP contribution < -0.4 is 15.4 Å². The molecule has 2 amide bonds. The Balaban J connectivity index is 1.29. The highest BCUT2D eigenvalue weighted by Crippen LogP contribution is 2.32. The van der Waals surface area contributed by atoms with Crippen LogP contribution in [0.5, 0.6) is 5.75 Å². The van der Waals surface area contributed by atoms with E-state index < -0.39 is 36.3 Å². The molecule has 0 radical (unpaired) electrons. The van der Waals surface area contributed by atoms with Gasteiger partial charge in [0.05, 0.1) is 44.1 Å². The number of hydrogen-bond donors (Lipinski definition) is 4. The Bertz CT molecular complexity index is 1470. The Labute approximate surface area is 296 Å². The average Bonchev–Trinajstić information content (AvgIpc) is 3.45. The topological polar surface area (TPSA) is 130 Å². The molecule has 4 N–H and O–H groups in total. The number of morpholine rings is 1. The van der Waals surface area contributed by atoms with Crippen LogP contribution in [0.25, 0.3) is 0 Å². The quantitative estimate of drug-likeness (QED) is 0.143. The number of alkyl carbamates (subject to hydrolysis) is 1. The Morgan fingerprint density at radius 3 is 2.40 bits per heavy atom. The van der Waals surface area contributed by atoms with Gasteiger partial charge in [-0.3, -0.25) is 9.69 Å². The number of hydrogen-bond acceptors (Lipinski definition) is 8. The summed E-state index contributed by atoms with van der Waals surface area (Å²) in [6.45, 7) is 7.08. The largest absolute Gasteiger partial charge is 0.492 e. The number of nitrogens with one attached hydrogen (secondary N) is 2. The molecule has 0 unspecified atom stereocenters. The minimum absolute atomic E-state index is 0.0850. The summed E-state index contributed by atoms with van der Waals surface area (Å²) >= 11 is 0. The molecule has 3 aromatic rings. The lowest BCUT2D eigenvalue weighted by atomic mass is 9.88. The summed E-state index contributed by atoms with van der Waals surface area (Å²) < 4.78 is 16.9. The number of ether oxygens (including phenoxy) is 3. The van der Waals surface area contributed by atoms with E-state index in [1.54, 1.807) is 0 Å². The number of aliphatic hydroxyl groups is 2. The van der Waals surface area contributed by atoms with Gasteiger partial charge in [-0.15, -0.1) is 0 Å². The third kappa shape index (κ3) is 11.3. The predicted molar refractivity (Wildman–Crippen MR) is 192 cm³/mol. The number of unbranched alkanes of at least 4 members (excludes halogenated alkanes) is 2. The average molecular weight is 688 g/mol. The fourth-order valence-corrected chi connectivity index (χ4v) is 6.74. The molecule has 0 saturated carbocycles. The highest BCUT2D eigenvalue weighted by Gasteiger charge is 2.35. The van der Waals surface area contributed by atoms with Gasteiger partial charge in [0.25, 0.3) is 0 Å². The van der Waals surface area contributed by atoms with Gasteiger partial charge in [-0.1, -0.05) is 86.5 Å². The van der Waals surface area contributed by atoms with Crippen LogP contribution in [0.1, 0.15) is 60.9 Å². The second-order valence-corrected chi connectivity index (χ2v) is 13.4. The van der Waals surface area contributed by atoms with Gasteiger partial charge in [-0.25, -0.2) is 4.79 Å². The van der Waals surface area contributed by atoms with Gasteiger partial charge in [0.1, 0.15) is 12.4 Å². The van der Waals surface area contributed by atoms with Crippen molar-refractivity contribution in [3.8, 4) is 5.75 Å². The zero-order chi connectivity index (χ0) is 35.1. The van der Waals surface area contributed by atoms with Gasteiger partial charge in [0.15, 0.2) is 0 Å². The summed E-state index contributed by atoms with van der Waals surface area (Å²) in [6, 6.07) is 23.9. The first kappa shape index (κ1) is 37.3. The zero-order valence-corrected chi connectivity index (χ0v) is 29.2. The van der Waals surface area contributed by atoms with E-state index in [9.17, 15) is 19.8 Å². The number of carbonyl (C=O) groups excluding carboxylic acids is 2. The SMILES string of the molecule is CCCCCOC(=O)N[C@@H](Cc1ccccc1)[C@@H](O)C[C@@H](Cc1ccc(OCCN2CCOCC2)cc1)C(=O)N[C@H]1c2ccccc2C[C@H]1O. The number of rotatable bonds is 18. The van der Waals surface area contributed by atoms with E-state index in [1.807, 2.05) is 78.9 Å². The molecule has 10 nitrogen and oxygen atoms in total. The third-order valence-corrected chi connectivity index (χ3v) is 9.63. The maximum atomic E-state index is 14.1. The molecule has 0 bridgehead atoms. The van der Waals surface area contributed by atoms with Crippen molar-refractivity contribution in [3.05, 3.63) is 101 Å². The van der Waals surface area contributed by atoms with Crippen LogP contribution in [0.3, 0.4) is 0 Å². The minimum Gasteiger partial charge on any atom is -0.492 e. The van der Waals surface area contributed by atoms with E-state index in [4.69, 9.17) is 14.2 Å². The molecular formula is C40H53N3O7. The zero-order valence-electron chi connectivity index (χ0n) is 29.2. The second kappa shape index (κ2) is 19.4. The molecule has 1 heterocycles. The van der Waals surface area contributed by atoms with Gasteiger partial charge < -0.3 is 35.1 Å². The smallest absolute Gasteiger partial charge is 0.407 e.